The SMILES string of the molecule is C1CCC(NC2CCCCC2)CC1.C=CCCCCC[C@H](NC(=O)OC(C)(C)C)C(=O)O. The summed E-state index contributed by atoms with van der Waals surface area (Å²) in [5.74, 6) is -1.03. The average molecular weight is 453 g/mol. The Morgan fingerprint density at radius 3 is 1.94 bits per heavy atom. The predicted molar refractivity (Wildman–Crippen MR) is 131 cm³/mol. The average Bonchev–Trinajstić information content (AvgIpc) is 2.73. The first-order chi connectivity index (χ1) is 15.2. The molecule has 0 heterocycles. The minimum atomic E-state index is -1.03. The van der Waals surface area contributed by atoms with Crippen LogP contribution in [0.25, 0.3) is 0 Å². The minimum absolute atomic E-state index is 0.408. The van der Waals surface area contributed by atoms with E-state index in [4.69, 9.17) is 9.84 Å². The second-order valence-electron chi connectivity index (χ2n) is 10.3. The topological polar surface area (TPSA) is 87.7 Å². The first-order valence-electron chi connectivity index (χ1n) is 12.8. The van der Waals surface area contributed by atoms with E-state index < -0.39 is 23.7 Å². The van der Waals surface area contributed by atoms with Crippen molar-refractivity contribution in [2.24, 2.45) is 0 Å². The standard InChI is InChI=1S/C14H25NO4.C12H23N/c1-5-6-7-8-9-10-11(12(16)17)15-13(18)19-14(2,3)4;1-3-7-11(8-4-1)13-12-9-5-2-6-10-12/h5,11H,1,6-10H2,2-4H3,(H,15,18)(H,16,17);11-13H,1-10H2/t11-;/m0./s1. The lowest BCUT2D eigenvalue weighted by atomic mass is 9.91. The Balaban J connectivity index is 0.000000339. The molecule has 2 aliphatic rings. The molecule has 0 unspecified atom stereocenters. The normalized spacial score (nSPS) is 18.7. The van der Waals surface area contributed by atoms with E-state index in [0.717, 1.165) is 37.8 Å². The van der Waals surface area contributed by atoms with E-state index >= 15 is 0 Å². The molecule has 0 aromatic rings. The second-order valence-corrected chi connectivity index (χ2v) is 10.3. The van der Waals surface area contributed by atoms with Crippen molar-refractivity contribution in [1.29, 1.82) is 0 Å². The first-order valence-corrected chi connectivity index (χ1v) is 12.8. The van der Waals surface area contributed by atoms with Crippen LogP contribution in [0.5, 0.6) is 0 Å². The van der Waals surface area contributed by atoms with Crippen LogP contribution in [0.15, 0.2) is 12.7 Å². The number of unbranched alkanes of at least 4 members (excludes halogenated alkanes) is 3. The molecule has 186 valence electrons. The van der Waals surface area contributed by atoms with Crippen molar-refractivity contribution in [2.45, 2.75) is 141 Å². The Labute approximate surface area is 195 Å². The Bertz CT molecular complexity index is 516. The van der Waals surface area contributed by atoms with Crippen molar-refractivity contribution in [2.75, 3.05) is 0 Å². The number of allylic oxidation sites excluding steroid dienone is 1. The molecule has 1 amide bonds. The molecule has 6 nitrogen and oxygen atoms in total. The summed E-state index contributed by atoms with van der Waals surface area (Å²) in [6, 6.07) is 0.854. The highest BCUT2D eigenvalue weighted by molar-refractivity contribution is 5.79. The van der Waals surface area contributed by atoms with Crippen LogP contribution in [0.3, 0.4) is 0 Å². The lowest BCUT2D eigenvalue weighted by Gasteiger charge is -2.30. The van der Waals surface area contributed by atoms with Gasteiger partial charge in [0, 0.05) is 12.1 Å². The fraction of sp³-hybridized carbons (Fsp3) is 0.846. The zero-order valence-electron chi connectivity index (χ0n) is 20.8. The molecule has 0 radical (unpaired) electrons. The highest BCUT2D eigenvalue weighted by Gasteiger charge is 2.23. The Hall–Kier alpha value is -1.56. The summed E-state index contributed by atoms with van der Waals surface area (Å²) >= 11 is 0. The van der Waals surface area contributed by atoms with E-state index in [-0.39, 0.29) is 0 Å². The molecule has 0 aromatic carbocycles. The van der Waals surface area contributed by atoms with Gasteiger partial charge in [-0.1, -0.05) is 57.4 Å². The lowest BCUT2D eigenvalue weighted by Crippen LogP contribution is -2.43. The van der Waals surface area contributed by atoms with Gasteiger partial charge >= 0.3 is 12.1 Å². The second kappa shape index (κ2) is 16.1. The number of rotatable bonds is 10. The van der Waals surface area contributed by atoms with Gasteiger partial charge in [-0.15, -0.1) is 6.58 Å². The zero-order chi connectivity index (χ0) is 23.8. The lowest BCUT2D eigenvalue weighted by molar-refractivity contribution is -0.139. The molecule has 32 heavy (non-hydrogen) atoms. The highest BCUT2D eigenvalue weighted by Crippen LogP contribution is 2.22. The number of carboxylic acid groups (broad SMARTS) is 1. The van der Waals surface area contributed by atoms with Crippen LogP contribution in [0, 0.1) is 0 Å². The number of carbonyl (C=O) groups is 2. The summed E-state index contributed by atoms with van der Waals surface area (Å²) in [5, 5.41) is 15.3. The number of aliphatic carboxylic acids is 1. The van der Waals surface area contributed by atoms with Gasteiger partial charge in [0.1, 0.15) is 11.6 Å². The molecular formula is C26H48N2O4. The molecule has 2 saturated carbocycles. The van der Waals surface area contributed by atoms with Crippen LogP contribution in [0.2, 0.25) is 0 Å². The van der Waals surface area contributed by atoms with Crippen LogP contribution in [-0.2, 0) is 9.53 Å². The smallest absolute Gasteiger partial charge is 0.408 e. The molecule has 2 rings (SSSR count). The van der Waals surface area contributed by atoms with Crippen molar-refractivity contribution >= 4 is 12.1 Å². The Morgan fingerprint density at radius 1 is 0.969 bits per heavy atom. The monoisotopic (exact) mass is 452 g/mol. The summed E-state index contributed by atoms with van der Waals surface area (Å²) in [6.45, 7) is 8.83. The van der Waals surface area contributed by atoms with Crippen LogP contribution in [-0.4, -0.2) is 40.9 Å². The molecule has 2 aliphatic carbocycles. The van der Waals surface area contributed by atoms with Crippen LogP contribution < -0.4 is 10.6 Å². The van der Waals surface area contributed by atoms with Crippen molar-refractivity contribution in [3.63, 3.8) is 0 Å². The third-order valence-electron chi connectivity index (χ3n) is 6.07. The van der Waals surface area contributed by atoms with Gasteiger partial charge in [0.15, 0.2) is 0 Å². The largest absolute Gasteiger partial charge is 0.480 e. The maximum Gasteiger partial charge on any atom is 0.408 e. The van der Waals surface area contributed by atoms with Crippen LogP contribution in [0.4, 0.5) is 4.79 Å². The van der Waals surface area contributed by atoms with E-state index in [9.17, 15) is 9.59 Å². The molecule has 0 spiro atoms. The summed E-state index contributed by atoms with van der Waals surface area (Å²) in [7, 11) is 0. The first kappa shape index (κ1) is 28.5. The van der Waals surface area contributed by atoms with Gasteiger partial charge in [-0.2, -0.15) is 0 Å². The number of hydrogen-bond donors (Lipinski definition) is 3. The zero-order valence-corrected chi connectivity index (χ0v) is 20.8. The van der Waals surface area contributed by atoms with Gasteiger partial charge in [0.05, 0.1) is 0 Å². The van der Waals surface area contributed by atoms with Gasteiger partial charge in [-0.25, -0.2) is 9.59 Å². The number of nitrogens with one attached hydrogen (secondary N) is 2. The predicted octanol–water partition coefficient (Wildman–Crippen LogP) is 6.34. The summed E-state index contributed by atoms with van der Waals surface area (Å²) in [5.41, 5.74) is -0.628. The third kappa shape index (κ3) is 14.5. The quantitative estimate of drug-likeness (QED) is 0.266. The van der Waals surface area contributed by atoms with Crippen molar-refractivity contribution in [3.8, 4) is 0 Å². The number of hydrogen-bond acceptors (Lipinski definition) is 4. The third-order valence-corrected chi connectivity index (χ3v) is 6.07. The number of amides is 1. The fourth-order valence-electron chi connectivity index (χ4n) is 4.39. The van der Waals surface area contributed by atoms with Crippen molar-refractivity contribution in [3.05, 3.63) is 12.7 Å². The maximum atomic E-state index is 11.5. The van der Waals surface area contributed by atoms with Gasteiger partial charge in [-0.3, -0.25) is 0 Å². The fourth-order valence-corrected chi connectivity index (χ4v) is 4.39. The van der Waals surface area contributed by atoms with Crippen molar-refractivity contribution < 1.29 is 19.4 Å². The van der Waals surface area contributed by atoms with Gasteiger partial charge in [0.2, 0.25) is 0 Å². The van der Waals surface area contributed by atoms with Crippen molar-refractivity contribution in [1.82, 2.24) is 10.6 Å². The van der Waals surface area contributed by atoms with E-state index in [0.29, 0.717) is 6.42 Å². The Morgan fingerprint density at radius 2 is 1.50 bits per heavy atom. The summed E-state index contributed by atoms with van der Waals surface area (Å²) in [4.78, 5) is 22.5. The number of carbonyl (C=O) groups excluding carboxylic acids is 1. The molecule has 0 bridgehead atoms. The number of carboxylic acids is 1. The molecule has 0 saturated heterocycles. The molecule has 1 atom stereocenters. The highest BCUT2D eigenvalue weighted by atomic mass is 16.6. The van der Waals surface area contributed by atoms with E-state index in [1.54, 1.807) is 20.8 Å². The van der Waals surface area contributed by atoms with Gasteiger partial charge in [-0.05, 0) is 65.7 Å². The number of alkyl carbamates (subject to hydrolysis) is 1. The molecule has 0 aliphatic heterocycles. The van der Waals surface area contributed by atoms with E-state index in [2.05, 4.69) is 17.2 Å². The number of ether oxygens (including phenoxy) is 1. The van der Waals surface area contributed by atoms with Crippen LogP contribution >= 0.6 is 0 Å². The van der Waals surface area contributed by atoms with E-state index in [1.807, 2.05) is 6.08 Å². The molecule has 2 fully saturated rings. The van der Waals surface area contributed by atoms with Crippen LogP contribution in [0.1, 0.15) is 117 Å². The minimum Gasteiger partial charge on any atom is -0.480 e. The molecular weight excluding hydrogens is 404 g/mol. The van der Waals surface area contributed by atoms with Gasteiger partial charge in [0.25, 0.3) is 0 Å². The Kier molecular flexibility index (Phi) is 14.3. The maximum absolute atomic E-state index is 11.5. The van der Waals surface area contributed by atoms with Gasteiger partial charge < -0.3 is 20.5 Å². The summed E-state index contributed by atoms with van der Waals surface area (Å²) in [6.07, 6.45) is 19.7. The summed E-state index contributed by atoms with van der Waals surface area (Å²) < 4.78 is 5.04. The molecule has 6 heteroatoms. The van der Waals surface area contributed by atoms with E-state index in [1.165, 1.54) is 64.2 Å². The molecule has 3 N–H and O–H groups in total. The molecule has 0 aromatic heterocycles.